The normalized spacial score (nSPS) is 10.1. The molecule has 2 N–H and O–H groups in total. The molecule has 2 aromatic rings. The monoisotopic (exact) mass is 310 g/mol. The Balaban J connectivity index is 2.16. The van der Waals surface area contributed by atoms with Gasteiger partial charge < -0.3 is 14.8 Å². The molecule has 0 unspecified atom stereocenters. The number of carboxylic acid groups (broad SMARTS) is 1. The number of rotatable bonds is 3. The molecule has 0 atom stereocenters. The lowest BCUT2D eigenvalue weighted by atomic mass is 10.3. The molecule has 6 nitrogen and oxygen atoms in total. The predicted octanol–water partition coefficient (Wildman–Crippen LogP) is 2.39. The average Bonchev–Trinajstić information content (AvgIpc) is 2.76. The molecule has 0 aliphatic rings. The molecule has 0 aromatic carbocycles. The zero-order valence-electron chi connectivity index (χ0n) is 8.88. The lowest BCUT2D eigenvalue weighted by Gasteiger charge is -2.02. The van der Waals surface area contributed by atoms with E-state index in [-0.39, 0.29) is 17.3 Å². The van der Waals surface area contributed by atoms with Crippen molar-refractivity contribution in [3.8, 4) is 0 Å². The number of nitrogens with one attached hydrogen (secondary N) is 1. The number of hydrogen-bond donors (Lipinski definition) is 2. The third-order valence-corrected chi connectivity index (χ3v) is 2.43. The summed E-state index contributed by atoms with van der Waals surface area (Å²) in [5.74, 6) is -1.42. The zero-order chi connectivity index (χ0) is 13.1. The van der Waals surface area contributed by atoms with E-state index in [1.54, 1.807) is 6.07 Å². The fourth-order valence-electron chi connectivity index (χ4n) is 1.24. The highest BCUT2D eigenvalue weighted by atomic mass is 79.9. The third-order valence-electron chi connectivity index (χ3n) is 2.01. The minimum atomic E-state index is -1.16. The van der Waals surface area contributed by atoms with E-state index in [2.05, 4.69) is 26.2 Å². The van der Waals surface area contributed by atoms with Crippen LogP contribution < -0.4 is 5.32 Å². The van der Waals surface area contributed by atoms with E-state index in [0.29, 0.717) is 4.67 Å². The maximum absolute atomic E-state index is 11.7. The Morgan fingerprint density at radius 1 is 1.28 bits per heavy atom. The lowest BCUT2D eigenvalue weighted by Crippen LogP contribution is -2.13. The van der Waals surface area contributed by atoms with Crippen LogP contribution in [-0.4, -0.2) is 22.0 Å². The van der Waals surface area contributed by atoms with E-state index in [9.17, 15) is 9.59 Å². The van der Waals surface area contributed by atoms with Gasteiger partial charge in [-0.05, 0) is 40.2 Å². The Labute approximate surface area is 110 Å². The number of aromatic carboxylic acids is 1. The number of nitrogens with zero attached hydrogens (tertiary/aromatic N) is 1. The number of hydrogen-bond acceptors (Lipinski definition) is 4. The summed E-state index contributed by atoms with van der Waals surface area (Å²) in [6, 6.07) is 7.38. The summed E-state index contributed by atoms with van der Waals surface area (Å²) in [6.45, 7) is 0. The standard InChI is InChI=1S/C11H7BrN2O4/c12-8-5-4-7(18-8)10(15)14-9-3-1-2-6(13-9)11(16)17/h1-5H,(H,16,17)(H,13,14,15). The summed E-state index contributed by atoms with van der Waals surface area (Å²) < 4.78 is 5.49. The molecular formula is C11H7BrN2O4. The van der Waals surface area contributed by atoms with Gasteiger partial charge in [0.15, 0.2) is 16.1 Å². The van der Waals surface area contributed by atoms with Gasteiger partial charge in [-0.25, -0.2) is 9.78 Å². The van der Waals surface area contributed by atoms with Crippen molar-refractivity contribution in [1.82, 2.24) is 4.98 Å². The van der Waals surface area contributed by atoms with Gasteiger partial charge in [0.2, 0.25) is 0 Å². The van der Waals surface area contributed by atoms with Crippen LogP contribution in [0.3, 0.4) is 0 Å². The van der Waals surface area contributed by atoms with Gasteiger partial charge in [-0.3, -0.25) is 4.79 Å². The topological polar surface area (TPSA) is 92.4 Å². The van der Waals surface area contributed by atoms with E-state index >= 15 is 0 Å². The number of carboxylic acids is 1. The summed E-state index contributed by atoms with van der Waals surface area (Å²) >= 11 is 3.08. The lowest BCUT2D eigenvalue weighted by molar-refractivity contribution is 0.0690. The van der Waals surface area contributed by atoms with E-state index in [0.717, 1.165) is 0 Å². The van der Waals surface area contributed by atoms with Crippen molar-refractivity contribution in [1.29, 1.82) is 0 Å². The number of anilines is 1. The van der Waals surface area contributed by atoms with Crippen LogP contribution in [0.1, 0.15) is 21.0 Å². The molecule has 0 radical (unpaired) electrons. The number of amides is 1. The molecule has 18 heavy (non-hydrogen) atoms. The molecule has 0 fully saturated rings. The highest BCUT2D eigenvalue weighted by Gasteiger charge is 2.12. The van der Waals surface area contributed by atoms with E-state index < -0.39 is 11.9 Å². The number of furan rings is 1. The van der Waals surface area contributed by atoms with Gasteiger partial charge in [0, 0.05) is 0 Å². The minimum Gasteiger partial charge on any atom is -0.477 e. The highest BCUT2D eigenvalue weighted by molar-refractivity contribution is 9.10. The molecule has 2 aromatic heterocycles. The van der Waals surface area contributed by atoms with Crippen molar-refractivity contribution < 1.29 is 19.1 Å². The van der Waals surface area contributed by atoms with Crippen LogP contribution in [0, 0.1) is 0 Å². The van der Waals surface area contributed by atoms with Gasteiger partial charge in [0.25, 0.3) is 5.91 Å². The fourth-order valence-corrected chi connectivity index (χ4v) is 1.54. The van der Waals surface area contributed by atoms with Crippen LogP contribution in [0.5, 0.6) is 0 Å². The van der Waals surface area contributed by atoms with Crippen LogP contribution in [0.4, 0.5) is 5.82 Å². The molecule has 2 rings (SSSR count). The van der Waals surface area contributed by atoms with Crippen LogP contribution in [0.15, 0.2) is 39.4 Å². The first kappa shape index (κ1) is 12.3. The molecular weight excluding hydrogens is 304 g/mol. The molecule has 7 heteroatoms. The summed E-state index contributed by atoms with van der Waals surface area (Å²) in [5.41, 5.74) is -0.145. The molecule has 0 bridgehead atoms. The second-order valence-electron chi connectivity index (χ2n) is 3.27. The fraction of sp³-hybridized carbons (Fsp3) is 0. The Bertz CT molecular complexity index is 609. The molecule has 0 saturated heterocycles. The van der Waals surface area contributed by atoms with E-state index in [1.807, 2.05) is 0 Å². The number of carbonyl (C=O) groups excluding carboxylic acids is 1. The van der Waals surface area contributed by atoms with E-state index in [1.165, 1.54) is 24.3 Å². The second-order valence-corrected chi connectivity index (χ2v) is 4.05. The van der Waals surface area contributed by atoms with Gasteiger partial charge in [-0.15, -0.1) is 0 Å². The predicted molar refractivity (Wildman–Crippen MR) is 65.6 cm³/mol. The number of halogens is 1. The Morgan fingerprint density at radius 3 is 2.67 bits per heavy atom. The molecule has 2 heterocycles. The Kier molecular flexibility index (Phi) is 3.42. The average molecular weight is 311 g/mol. The SMILES string of the molecule is O=C(O)c1cccc(NC(=O)c2ccc(Br)o2)n1. The van der Waals surface area contributed by atoms with Crippen molar-refractivity contribution in [2.24, 2.45) is 0 Å². The van der Waals surface area contributed by atoms with Crippen molar-refractivity contribution in [2.75, 3.05) is 5.32 Å². The maximum Gasteiger partial charge on any atom is 0.354 e. The maximum atomic E-state index is 11.7. The molecule has 92 valence electrons. The van der Waals surface area contributed by atoms with Crippen LogP contribution in [0.25, 0.3) is 0 Å². The van der Waals surface area contributed by atoms with Gasteiger partial charge in [0.1, 0.15) is 5.82 Å². The van der Waals surface area contributed by atoms with Gasteiger partial charge in [-0.1, -0.05) is 6.07 Å². The zero-order valence-corrected chi connectivity index (χ0v) is 10.5. The quantitative estimate of drug-likeness (QED) is 0.908. The van der Waals surface area contributed by atoms with Crippen molar-refractivity contribution >= 4 is 33.6 Å². The van der Waals surface area contributed by atoms with Gasteiger partial charge in [0.05, 0.1) is 0 Å². The minimum absolute atomic E-state index is 0.101. The molecule has 1 amide bonds. The first-order valence-electron chi connectivity index (χ1n) is 4.83. The smallest absolute Gasteiger partial charge is 0.354 e. The Hall–Kier alpha value is -2.15. The summed E-state index contributed by atoms with van der Waals surface area (Å²) in [5, 5.41) is 11.2. The third kappa shape index (κ3) is 2.75. The number of carbonyl (C=O) groups is 2. The molecule has 0 saturated carbocycles. The van der Waals surface area contributed by atoms with Crippen LogP contribution in [0.2, 0.25) is 0 Å². The largest absolute Gasteiger partial charge is 0.477 e. The molecule has 0 spiro atoms. The molecule has 0 aliphatic carbocycles. The first-order chi connectivity index (χ1) is 8.56. The summed E-state index contributed by atoms with van der Waals surface area (Å²) in [6.07, 6.45) is 0. The first-order valence-corrected chi connectivity index (χ1v) is 5.62. The van der Waals surface area contributed by atoms with E-state index in [4.69, 9.17) is 9.52 Å². The number of pyridine rings is 1. The van der Waals surface area contributed by atoms with Crippen molar-refractivity contribution in [3.63, 3.8) is 0 Å². The highest BCUT2D eigenvalue weighted by Crippen LogP contribution is 2.15. The van der Waals surface area contributed by atoms with Gasteiger partial charge in [-0.2, -0.15) is 0 Å². The summed E-state index contributed by atoms with van der Waals surface area (Å²) in [7, 11) is 0. The summed E-state index contributed by atoms with van der Waals surface area (Å²) in [4.78, 5) is 26.2. The van der Waals surface area contributed by atoms with Gasteiger partial charge >= 0.3 is 5.97 Å². The Morgan fingerprint density at radius 2 is 2.06 bits per heavy atom. The second kappa shape index (κ2) is 5.01. The van der Waals surface area contributed by atoms with Crippen molar-refractivity contribution in [3.05, 3.63) is 46.5 Å². The molecule has 0 aliphatic heterocycles. The van der Waals surface area contributed by atoms with Crippen LogP contribution in [-0.2, 0) is 0 Å². The van der Waals surface area contributed by atoms with Crippen LogP contribution >= 0.6 is 15.9 Å². The number of aromatic nitrogens is 1. The van der Waals surface area contributed by atoms with Crippen molar-refractivity contribution in [2.45, 2.75) is 0 Å².